The number of aromatic carboxylic acids is 1. The minimum absolute atomic E-state index is 0.196. The van der Waals surface area contributed by atoms with Gasteiger partial charge in [-0.25, -0.2) is 9.59 Å². The Kier molecular flexibility index (Phi) is 8.00. The van der Waals surface area contributed by atoms with Gasteiger partial charge < -0.3 is 24.4 Å². The van der Waals surface area contributed by atoms with Crippen molar-refractivity contribution in [2.24, 2.45) is 0 Å². The van der Waals surface area contributed by atoms with Crippen LogP contribution in [0.25, 0.3) is 0 Å². The standard InChI is InChI=1S/C16H23NO7/c1-4-5-8-22-10(2)23-11(3)24-16(21)17-12-6-7-13(15(19)20)14(18)9-12/h6-7,9-11,18H,4-5,8H2,1-3H3,(H,17,21)(H,19,20). The summed E-state index contributed by atoms with van der Waals surface area (Å²) in [6.45, 7) is 5.86. The maximum absolute atomic E-state index is 11.7. The summed E-state index contributed by atoms with van der Waals surface area (Å²) < 4.78 is 15.7. The van der Waals surface area contributed by atoms with E-state index >= 15 is 0 Å². The smallest absolute Gasteiger partial charge is 0.413 e. The molecule has 1 rings (SSSR count). The van der Waals surface area contributed by atoms with Crippen LogP contribution in [0.4, 0.5) is 10.5 Å². The van der Waals surface area contributed by atoms with Gasteiger partial charge in [-0.3, -0.25) is 5.32 Å². The molecule has 0 radical (unpaired) electrons. The number of benzene rings is 1. The molecule has 1 aromatic rings. The lowest BCUT2D eigenvalue weighted by molar-refractivity contribution is -0.211. The van der Waals surface area contributed by atoms with E-state index in [2.05, 4.69) is 5.32 Å². The van der Waals surface area contributed by atoms with Crippen LogP contribution in [0.5, 0.6) is 5.75 Å². The number of anilines is 1. The highest BCUT2D eigenvalue weighted by molar-refractivity contribution is 5.92. The van der Waals surface area contributed by atoms with Gasteiger partial charge in [0.25, 0.3) is 0 Å². The Morgan fingerprint density at radius 3 is 2.54 bits per heavy atom. The highest BCUT2D eigenvalue weighted by atomic mass is 16.8. The summed E-state index contributed by atoms with van der Waals surface area (Å²) in [5, 5.41) is 20.8. The van der Waals surface area contributed by atoms with Crippen molar-refractivity contribution in [3.05, 3.63) is 23.8 Å². The molecule has 1 aromatic carbocycles. The van der Waals surface area contributed by atoms with Crippen molar-refractivity contribution in [3.63, 3.8) is 0 Å². The SMILES string of the molecule is CCCCOC(C)OC(C)OC(=O)Nc1ccc(C(=O)O)c(O)c1. The summed E-state index contributed by atoms with van der Waals surface area (Å²) in [6, 6.07) is 3.63. The zero-order chi connectivity index (χ0) is 18.1. The maximum atomic E-state index is 11.7. The number of carboxylic acids is 1. The third-order valence-corrected chi connectivity index (χ3v) is 2.98. The first-order valence-electron chi connectivity index (χ1n) is 7.64. The Labute approximate surface area is 140 Å². The highest BCUT2D eigenvalue weighted by Gasteiger charge is 2.15. The van der Waals surface area contributed by atoms with Gasteiger partial charge in [-0.1, -0.05) is 13.3 Å². The fourth-order valence-electron chi connectivity index (χ4n) is 1.82. The van der Waals surface area contributed by atoms with Crippen molar-refractivity contribution in [2.75, 3.05) is 11.9 Å². The molecule has 0 bridgehead atoms. The molecular formula is C16H23NO7. The van der Waals surface area contributed by atoms with Crippen molar-refractivity contribution in [3.8, 4) is 5.75 Å². The molecule has 24 heavy (non-hydrogen) atoms. The van der Waals surface area contributed by atoms with E-state index in [9.17, 15) is 14.7 Å². The van der Waals surface area contributed by atoms with Crippen molar-refractivity contribution >= 4 is 17.7 Å². The van der Waals surface area contributed by atoms with Crippen LogP contribution in [0.2, 0.25) is 0 Å². The lowest BCUT2D eigenvalue weighted by Crippen LogP contribution is -2.27. The molecule has 8 nitrogen and oxygen atoms in total. The Balaban J connectivity index is 2.45. The average molecular weight is 341 g/mol. The maximum Gasteiger partial charge on any atom is 0.413 e. The van der Waals surface area contributed by atoms with E-state index in [1.54, 1.807) is 13.8 Å². The van der Waals surface area contributed by atoms with E-state index in [0.29, 0.717) is 6.61 Å². The number of nitrogens with one attached hydrogen (secondary N) is 1. The number of rotatable bonds is 9. The molecule has 134 valence electrons. The first kappa shape index (κ1) is 19.7. The molecule has 0 saturated heterocycles. The third-order valence-electron chi connectivity index (χ3n) is 2.98. The number of unbranched alkanes of at least 4 members (excludes halogenated alkanes) is 1. The van der Waals surface area contributed by atoms with Gasteiger partial charge in [0.05, 0.1) is 0 Å². The van der Waals surface area contributed by atoms with Gasteiger partial charge in [-0.15, -0.1) is 0 Å². The zero-order valence-corrected chi connectivity index (χ0v) is 13.9. The Morgan fingerprint density at radius 2 is 1.96 bits per heavy atom. The van der Waals surface area contributed by atoms with Gasteiger partial charge in [-0.2, -0.15) is 0 Å². The van der Waals surface area contributed by atoms with Gasteiger partial charge in [0, 0.05) is 18.4 Å². The largest absolute Gasteiger partial charge is 0.507 e. The number of amides is 1. The predicted molar refractivity (Wildman–Crippen MR) is 86.0 cm³/mol. The highest BCUT2D eigenvalue weighted by Crippen LogP contribution is 2.22. The monoisotopic (exact) mass is 341 g/mol. The number of ether oxygens (including phenoxy) is 3. The van der Waals surface area contributed by atoms with E-state index in [-0.39, 0.29) is 11.3 Å². The normalized spacial score (nSPS) is 13.1. The van der Waals surface area contributed by atoms with Gasteiger partial charge >= 0.3 is 12.1 Å². The second-order valence-electron chi connectivity index (χ2n) is 5.06. The van der Waals surface area contributed by atoms with Crippen molar-refractivity contribution < 1.29 is 34.0 Å². The van der Waals surface area contributed by atoms with E-state index in [1.165, 1.54) is 12.1 Å². The molecule has 3 N–H and O–H groups in total. The molecule has 0 spiro atoms. The molecule has 2 atom stereocenters. The first-order valence-corrected chi connectivity index (χ1v) is 7.64. The summed E-state index contributed by atoms with van der Waals surface area (Å²) in [6.07, 6.45) is -0.231. The molecule has 0 aromatic heterocycles. The lowest BCUT2D eigenvalue weighted by Gasteiger charge is -2.19. The second kappa shape index (κ2) is 9.74. The van der Waals surface area contributed by atoms with Crippen LogP contribution in [-0.2, 0) is 14.2 Å². The zero-order valence-electron chi connectivity index (χ0n) is 13.9. The number of phenols is 1. The molecular weight excluding hydrogens is 318 g/mol. The predicted octanol–water partition coefficient (Wildman–Crippen LogP) is 3.16. The van der Waals surface area contributed by atoms with E-state index in [1.807, 2.05) is 6.92 Å². The van der Waals surface area contributed by atoms with E-state index in [0.717, 1.165) is 18.9 Å². The Hall–Kier alpha value is -2.32. The summed E-state index contributed by atoms with van der Waals surface area (Å²) in [5.74, 6) is -1.72. The molecule has 8 heteroatoms. The number of hydrogen-bond donors (Lipinski definition) is 3. The molecule has 1 amide bonds. The minimum Gasteiger partial charge on any atom is -0.507 e. The van der Waals surface area contributed by atoms with Crippen LogP contribution in [0.15, 0.2) is 18.2 Å². The summed E-state index contributed by atoms with van der Waals surface area (Å²) in [4.78, 5) is 22.5. The fraction of sp³-hybridized carbons (Fsp3) is 0.500. The molecule has 0 aliphatic heterocycles. The molecule has 0 heterocycles. The number of carboxylic acid groups (broad SMARTS) is 1. The molecule has 2 unspecified atom stereocenters. The van der Waals surface area contributed by atoms with Gasteiger partial charge in [0.15, 0.2) is 6.29 Å². The van der Waals surface area contributed by atoms with Crippen molar-refractivity contribution in [1.29, 1.82) is 0 Å². The third kappa shape index (κ3) is 6.84. The molecule has 0 saturated carbocycles. The summed E-state index contributed by atoms with van der Waals surface area (Å²) >= 11 is 0. The Bertz CT molecular complexity index is 561. The number of carbonyl (C=O) groups excluding carboxylic acids is 1. The minimum atomic E-state index is -1.26. The Morgan fingerprint density at radius 1 is 1.25 bits per heavy atom. The fourth-order valence-corrected chi connectivity index (χ4v) is 1.82. The number of hydrogen-bond acceptors (Lipinski definition) is 6. The van der Waals surface area contributed by atoms with Crippen molar-refractivity contribution in [2.45, 2.75) is 46.2 Å². The first-order chi connectivity index (χ1) is 11.3. The van der Waals surface area contributed by atoms with Crippen LogP contribution < -0.4 is 5.32 Å². The van der Waals surface area contributed by atoms with Crippen molar-refractivity contribution in [1.82, 2.24) is 0 Å². The molecule has 0 aliphatic carbocycles. The molecule has 0 fully saturated rings. The quantitative estimate of drug-likeness (QED) is 0.467. The average Bonchev–Trinajstić information content (AvgIpc) is 2.46. The molecule has 0 aliphatic rings. The van der Waals surface area contributed by atoms with Crippen LogP contribution in [0.1, 0.15) is 44.0 Å². The van der Waals surface area contributed by atoms with Crippen LogP contribution >= 0.6 is 0 Å². The summed E-state index contributed by atoms with van der Waals surface area (Å²) in [7, 11) is 0. The van der Waals surface area contributed by atoms with E-state index in [4.69, 9.17) is 19.3 Å². The number of carbonyl (C=O) groups is 2. The van der Waals surface area contributed by atoms with Gasteiger partial charge in [0.2, 0.25) is 6.29 Å². The topological polar surface area (TPSA) is 114 Å². The summed E-state index contributed by atoms with van der Waals surface area (Å²) in [5.41, 5.74) is -0.0642. The lowest BCUT2D eigenvalue weighted by atomic mass is 10.2. The van der Waals surface area contributed by atoms with E-state index < -0.39 is 30.4 Å². The van der Waals surface area contributed by atoms with Crippen LogP contribution in [0.3, 0.4) is 0 Å². The van der Waals surface area contributed by atoms with Gasteiger partial charge in [-0.05, 0) is 32.4 Å². The van der Waals surface area contributed by atoms with Crippen LogP contribution in [-0.4, -0.2) is 41.5 Å². The number of aromatic hydroxyl groups is 1. The van der Waals surface area contributed by atoms with Gasteiger partial charge in [0.1, 0.15) is 11.3 Å². The second-order valence-corrected chi connectivity index (χ2v) is 5.06. The van der Waals surface area contributed by atoms with Crippen LogP contribution in [0, 0.1) is 0 Å².